The number of hydrogen-bond donors (Lipinski definition) is 1. The van der Waals surface area contributed by atoms with Crippen molar-refractivity contribution in [2.24, 2.45) is 0 Å². The summed E-state index contributed by atoms with van der Waals surface area (Å²) in [6, 6.07) is 14.0. The third kappa shape index (κ3) is 4.45. The molecule has 7 nitrogen and oxygen atoms in total. The van der Waals surface area contributed by atoms with Gasteiger partial charge >= 0.3 is 0 Å². The largest absolute Gasteiger partial charge is 0.271 e. The van der Waals surface area contributed by atoms with E-state index in [1.165, 1.54) is 6.07 Å². The lowest BCUT2D eigenvalue weighted by Crippen LogP contribution is -2.28. The standard InChI is InChI=1S/C17H16FN5O2/c1-12-9-14(7-8-15(12)18)17-19-22-23(20-17)10-16(24)21-25-11-13-5-3-2-4-6-13/h2-9H,10-11H2,1H3,(H,21,24). The van der Waals surface area contributed by atoms with Gasteiger partial charge in [-0.25, -0.2) is 9.87 Å². The molecule has 1 N–H and O–H groups in total. The van der Waals surface area contributed by atoms with Gasteiger partial charge in [0.15, 0.2) is 0 Å². The number of nitrogens with one attached hydrogen (secondary N) is 1. The molecule has 0 bridgehead atoms. The van der Waals surface area contributed by atoms with E-state index in [0.717, 1.165) is 10.4 Å². The molecule has 3 rings (SSSR count). The van der Waals surface area contributed by atoms with Crippen LogP contribution in [-0.2, 0) is 22.8 Å². The number of rotatable bonds is 6. The third-order valence-corrected chi connectivity index (χ3v) is 3.42. The number of hydroxylamine groups is 1. The van der Waals surface area contributed by atoms with Crippen LogP contribution in [-0.4, -0.2) is 26.1 Å². The molecule has 1 heterocycles. The number of aromatic nitrogens is 4. The van der Waals surface area contributed by atoms with Crippen molar-refractivity contribution in [3.63, 3.8) is 0 Å². The van der Waals surface area contributed by atoms with Gasteiger partial charge < -0.3 is 0 Å². The molecule has 128 valence electrons. The minimum absolute atomic E-state index is 0.137. The Balaban J connectivity index is 1.54. The highest BCUT2D eigenvalue weighted by atomic mass is 19.1. The van der Waals surface area contributed by atoms with Gasteiger partial charge in [0.05, 0.1) is 6.61 Å². The molecule has 0 aliphatic rings. The molecule has 8 heteroatoms. The molecular formula is C17H16FN5O2. The molecule has 0 unspecified atom stereocenters. The minimum Gasteiger partial charge on any atom is -0.271 e. The van der Waals surface area contributed by atoms with E-state index >= 15 is 0 Å². The summed E-state index contributed by atoms with van der Waals surface area (Å²) < 4.78 is 13.3. The first kappa shape index (κ1) is 16.7. The van der Waals surface area contributed by atoms with Gasteiger partial charge in [0.2, 0.25) is 5.82 Å². The number of hydrogen-bond acceptors (Lipinski definition) is 5. The minimum atomic E-state index is -0.407. The quantitative estimate of drug-likeness (QED) is 0.694. The summed E-state index contributed by atoms with van der Waals surface area (Å²) >= 11 is 0. The predicted molar refractivity (Wildman–Crippen MR) is 87.3 cm³/mol. The predicted octanol–water partition coefficient (Wildman–Crippen LogP) is 2.04. The number of carbonyl (C=O) groups excluding carboxylic acids is 1. The maximum Gasteiger partial charge on any atom is 0.267 e. The Morgan fingerprint density at radius 3 is 2.80 bits per heavy atom. The number of aryl methyl sites for hydroxylation is 1. The second-order valence-electron chi connectivity index (χ2n) is 5.41. The molecule has 0 radical (unpaired) electrons. The van der Waals surface area contributed by atoms with Crippen LogP contribution in [0.4, 0.5) is 4.39 Å². The van der Waals surface area contributed by atoms with Crippen LogP contribution in [0.25, 0.3) is 11.4 Å². The highest BCUT2D eigenvalue weighted by Gasteiger charge is 2.10. The fourth-order valence-corrected chi connectivity index (χ4v) is 2.14. The molecular weight excluding hydrogens is 325 g/mol. The first-order chi connectivity index (χ1) is 12.1. The van der Waals surface area contributed by atoms with Crippen LogP contribution in [0.2, 0.25) is 0 Å². The normalized spacial score (nSPS) is 10.6. The lowest BCUT2D eigenvalue weighted by Gasteiger charge is -2.05. The molecule has 1 amide bonds. The van der Waals surface area contributed by atoms with Gasteiger partial charge in [-0.1, -0.05) is 30.3 Å². The van der Waals surface area contributed by atoms with Crippen molar-refractivity contribution in [3.8, 4) is 11.4 Å². The number of carbonyl (C=O) groups is 1. The van der Waals surface area contributed by atoms with Crippen molar-refractivity contribution < 1.29 is 14.0 Å². The average Bonchev–Trinajstić information content (AvgIpc) is 3.06. The SMILES string of the molecule is Cc1cc(-c2nnn(CC(=O)NOCc3ccccc3)n2)ccc1F. The molecule has 0 saturated carbocycles. The fraction of sp³-hybridized carbons (Fsp3) is 0.176. The molecule has 0 aliphatic heterocycles. The first-order valence-corrected chi connectivity index (χ1v) is 7.61. The molecule has 0 atom stereocenters. The third-order valence-electron chi connectivity index (χ3n) is 3.42. The smallest absolute Gasteiger partial charge is 0.267 e. The van der Waals surface area contributed by atoms with Crippen LogP contribution in [0.15, 0.2) is 48.5 Å². The number of nitrogens with zero attached hydrogens (tertiary/aromatic N) is 4. The zero-order valence-corrected chi connectivity index (χ0v) is 13.5. The van der Waals surface area contributed by atoms with Crippen molar-refractivity contribution >= 4 is 5.91 Å². The van der Waals surface area contributed by atoms with Crippen LogP contribution in [0.1, 0.15) is 11.1 Å². The Morgan fingerprint density at radius 1 is 1.24 bits per heavy atom. The lowest BCUT2D eigenvalue weighted by molar-refractivity contribution is -0.135. The van der Waals surface area contributed by atoms with Crippen LogP contribution in [0.5, 0.6) is 0 Å². The van der Waals surface area contributed by atoms with Crippen molar-refractivity contribution in [2.75, 3.05) is 0 Å². The van der Waals surface area contributed by atoms with Crippen LogP contribution >= 0.6 is 0 Å². The van der Waals surface area contributed by atoms with Gasteiger partial charge in [-0.2, -0.15) is 4.80 Å². The first-order valence-electron chi connectivity index (χ1n) is 7.61. The van der Waals surface area contributed by atoms with E-state index in [-0.39, 0.29) is 19.0 Å². The molecule has 2 aromatic carbocycles. The fourth-order valence-electron chi connectivity index (χ4n) is 2.14. The highest BCUT2D eigenvalue weighted by Crippen LogP contribution is 2.17. The summed E-state index contributed by atoms with van der Waals surface area (Å²) in [6.07, 6.45) is 0. The van der Waals surface area contributed by atoms with Crippen LogP contribution in [0, 0.1) is 12.7 Å². The van der Waals surface area contributed by atoms with Crippen molar-refractivity contribution in [3.05, 3.63) is 65.5 Å². The molecule has 3 aromatic rings. The van der Waals surface area contributed by atoms with E-state index in [1.807, 2.05) is 30.3 Å². The highest BCUT2D eigenvalue weighted by molar-refractivity contribution is 5.74. The summed E-state index contributed by atoms with van der Waals surface area (Å²) in [5, 5.41) is 11.8. The topological polar surface area (TPSA) is 81.9 Å². The lowest BCUT2D eigenvalue weighted by atomic mass is 10.1. The van der Waals surface area contributed by atoms with Gasteiger partial charge in [0.1, 0.15) is 12.4 Å². The number of benzene rings is 2. The van der Waals surface area contributed by atoms with Crippen molar-refractivity contribution in [1.29, 1.82) is 0 Å². The second kappa shape index (κ2) is 7.63. The average molecular weight is 341 g/mol. The summed E-state index contributed by atoms with van der Waals surface area (Å²) in [5.41, 5.74) is 4.39. The Bertz CT molecular complexity index is 866. The Hall–Kier alpha value is -3.13. The van der Waals surface area contributed by atoms with Gasteiger partial charge in [-0.15, -0.1) is 10.2 Å². The summed E-state index contributed by atoms with van der Waals surface area (Å²) in [7, 11) is 0. The molecule has 0 aliphatic carbocycles. The summed E-state index contributed by atoms with van der Waals surface area (Å²) in [4.78, 5) is 18.1. The molecule has 0 saturated heterocycles. The summed E-state index contributed by atoms with van der Waals surface area (Å²) in [6.45, 7) is 1.78. The zero-order valence-electron chi connectivity index (χ0n) is 13.5. The Morgan fingerprint density at radius 2 is 2.04 bits per heavy atom. The zero-order chi connectivity index (χ0) is 17.6. The van der Waals surface area contributed by atoms with E-state index in [2.05, 4.69) is 20.9 Å². The maximum absolute atomic E-state index is 13.3. The number of tetrazole rings is 1. The van der Waals surface area contributed by atoms with Gasteiger partial charge in [0.25, 0.3) is 5.91 Å². The second-order valence-corrected chi connectivity index (χ2v) is 5.41. The van der Waals surface area contributed by atoms with E-state index < -0.39 is 5.91 Å². The van der Waals surface area contributed by atoms with Crippen LogP contribution < -0.4 is 5.48 Å². The monoisotopic (exact) mass is 341 g/mol. The summed E-state index contributed by atoms with van der Waals surface area (Å²) in [5.74, 6) is -0.387. The van der Waals surface area contributed by atoms with Gasteiger partial charge in [-0.05, 0) is 41.5 Å². The Kier molecular flexibility index (Phi) is 5.10. The molecule has 25 heavy (non-hydrogen) atoms. The molecule has 1 aromatic heterocycles. The van der Waals surface area contributed by atoms with Gasteiger partial charge in [-0.3, -0.25) is 9.63 Å². The molecule has 0 fully saturated rings. The number of amides is 1. The molecule has 0 spiro atoms. The van der Waals surface area contributed by atoms with Gasteiger partial charge in [0, 0.05) is 5.56 Å². The van der Waals surface area contributed by atoms with Crippen molar-refractivity contribution in [1.82, 2.24) is 25.7 Å². The van der Waals surface area contributed by atoms with E-state index in [4.69, 9.17) is 4.84 Å². The van der Waals surface area contributed by atoms with E-state index in [1.54, 1.807) is 19.1 Å². The van der Waals surface area contributed by atoms with E-state index in [0.29, 0.717) is 17.0 Å². The Labute approximate surface area is 143 Å². The maximum atomic E-state index is 13.3. The van der Waals surface area contributed by atoms with Crippen LogP contribution in [0.3, 0.4) is 0 Å². The number of halogens is 1. The van der Waals surface area contributed by atoms with E-state index in [9.17, 15) is 9.18 Å². The van der Waals surface area contributed by atoms with Crippen molar-refractivity contribution in [2.45, 2.75) is 20.1 Å².